The van der Waals surface area contributed by atoms with Gasteiger partial charge in [0.2, 0.25) is 5.91 Å². The van der Waals surface area contributed by atoms with Crippen LogP contribution in [-0.2, 0) is 9.53 Å². The molecule has 0 aromatic heterocycles. The van der Waals surface area contributed by atoms with Crippen LogP contribution in [0.1, 0.15) is 42.5 Å². The van der Waals surface area contributed by atoms with Crippen LogP contribution in [0, 0.1) is 0 Å². The van der Waals surface area contributed by atoms with Crippen LogP contribution in [0.5, 0.6) is 0 Å². The third kappa shape index (κ3) is 6.04. The first-order valence-electron chi connectivity index (χ1n) is 8.88. The van der Waals surface area contributed by atoms with Crippen LogP contribution in [0.3, 0.4) is 0 Å². The van der Waals surface area contributed by atoms with E-state index in [1.54, 1.807) is 13.2 Å². The van der Waals surface area contributed by atoms with E-state index in [-0.39, 0.29) is 11.8 Å². The Balaban J connectivity index is 1.91. The molecule has 6 heteroatoms. The molecule has 0 heterocycles. The largest absolute Gasteiger partial charge is 0.383 e. The maximum absolute atomic E-state index is 12.5. The van der Waals surface area contributed by atoms with Gasteiger partial charge in [0, 0.05) is 31.6 Å². The number of methoxy groups -OCH3 is 1. The van der Waals surface area contributed by atoms with Gasteiger partial charge in [-0.2, -0.15) is 0 Å². The molecule has 1 aromatic rings. The van der Waals surface area contributed by atoms with Gasteiger partial charge in [-0.1, -0.05) is 31.4 Å². The van der Waals surface area contributed by atoms with Gasteiger partial charge in [-0.3, -0.25) is 9.59 Å². The molecule has 1 aromatic carbocycles. The summed E-state index contributed by atoms with van der Waals surface area (Å²) in [5.74, 6) is 0.356. The van der Waals surface area contributed by atoms with E-state index in [4.69, 9.17) is 4.74 Å². The minimum absolute atomic E-state index is 0.131. The highest BCUT2D eigenvalue weighted by molar-refractivity contribution is 8.00. The number of nitrogens with zero attached hydrogens (tertiary/aromatic N) is 1. The number of thioether (sulfide) groups is 1. The van der Waals surface area contributed by atoms with Gasteiger partial charge in [0.05, 0.1) is 17.9 Å². The van der Waals surface area contributed by atoms with Crippen molar-refractivity contribution >= 4 is 23.6 Å². The summed E-state index contributed by atoms with van der Waals surface area (Å²) in [6.45, 7) is 0.948. The molecular weight excluding hydrogens is 336 g/mol. The molecule has 138 valence electrons. The summed E-state index contributed by atoms with van der Waals surface area (Å²) in [4.78, 5) is 27.5. The van der Waals surface area contributed by atoms with Gasteiger partial charge in [-0.25, -0.2) is 0 Å². The highest BCUT2D eigenvalue weighted by atomic mass is 32.2. The third-order valence-corrected chi connectivity index (χ3v) is 5.65. The Hall–Kier alpha value is -1.53. The van der Waals surface area contributed by atoms with Crippen LogP contribution < -0.4 is 5.32 Å². The molecule has 0 radical (unpaired) electrons. The van der Waals surface area contributed by atoms with Crippen LogP contribution in [0.25, 0.3) is 0 Å². The number of hydrogen-bond donors (Lipinski definition) is 1. The molecule has 0 saturated heterocycles. The molecule has 1 fully saturated rings. The summed E-state index contributed by atoms with van der Waals surface area (Å²) in [6, 6.07) is 7.78. The summed E-state index contributed by atoms with van der Waals surface area (Å²) < 4.78 is 4.95. The lowest BCUT2D eigenvalue weighted by molar-refractivity contribution is -0.129. The van der Waals surface area contributed by atoms with Crippen LogP contribution in [0.15, 0.2) is 29.2 Å². The SMILES string of the molecule is COCCNC(=O)c1ccccc1SCC(=O)N(C)C1CCCCC1. The van der Waals surface area contributed by atoms with Gasteiger partial charge in [0.25, 0.3) is 5.91 Å². The van der Waals surface area contributed by atoms with E-state index in [0.717, 1.165) is 17.7 Å². The monoisotopic (exact) mass is 364 g/mol. The second kappa shape index (κ2) is 10.5. The summed E-state index contributed by atoms with van der Waals surface area (Å²) in [5.41, 5.74) is 0.608. The van der Waals surface area contributed by atoms with Crippen molar-refractivity contribution in [2.24, 2.45) is 0 Å². The van der Waals surface area contributed by atoms with Gasteiger partial charge in [0.1, 0.15) is 0 Å². The Labute approximate surface area is 154 Å². The highest BCUT2D eigenvalue weighted by Gasteiger charge is 2.22. The third-order valence-electron chi connectivity index (χ3n) is 4.59. The summed E-state index contributed by atoms with van der Waals surface area (Å²) in [5, 5.41) is 2.83. The van der Waals surface area contributed by atoms with Crippen molar-refractivity contribution < 1.29 is 14.3 Å². The first-order chi connectivity index (χ1) is 12.1. The Kier molecular flexibility index (Phi) is 8.28. The van der Waals surface area contributed by atoms with Crippen molar-refractivity contribution in [3.63, 3.8) is 0 Å². The standard InChI is InChI=1S/C19H28N2O3S/c1-21(15-8-4-3-5-9-15)18(22)14-25-17-11-7-6-10-16(17)19(23)20-12-13-24-2/h6-7,10-11,15H,3-5,8-9,12-14H2,1-2H3,(H,20,23). The van der Waals surface area contributed by atoms with E-state index in [9.17, 15) is 9.59 Å². The lowest BCUT2D eigenvalue weighted by atomic mass is 9.94. The van der Waals surface area contributed by atoms with E-state index in [1.807, 2.05) is 30.1 Å². The minimum Gasteiger partial charge on any atom is -0.383 e. The zero-order chi connectivity index (χ0) is 18.1. The summed E-state index contributed by atoms with van der Waals surface area (Å²) in [6.07, 6.45) is 5.90. The molecule has 1 aliphatic rings. The number of carbonyl (C=O) groups excluding carboxylic acids is 2. The topological polar surface area (TPSA) is 58.6 Å². The number of rotatable bonds is 8. The molecular formula is C19H28N2O3S. The molecule has 2 amide bonds. The molecule has 0 spiro atoms. The first-order valence-corrected chi connectivity index (χ1v) is 9.86. The molecule has 2 rings (SSSR count). The van der Waals surface area contributed by atoms with Gasteiger partial charge >= 0.3 is 0 Å². The quantitative estimate of drug-likeness (QED) is 0.569. The van der Waals surface area contributed by atoms with E-state index < -0.39 is 0 Å². The van der Waals surface area contributed by atoms with Crippen LogP contribution in [0.4, 0.5) is 0 Å². The second-order valence-electron chi connectivity index (χ2n) is 6.33. The molecule has 5 nitrogen and oxygen atoms in total. The predicted octanol–water partition coefficient (Wildman–Crippen LogP) is 2.95. The van der Waals surface area contributed by atoms with Gasteiger partial charge in [0.15, 0.2) is 0 Å². The van der Waals surface area contributed by atoms with Crippen LogP contribution in [-0.4, -0.2) is 55.8 Å². The number of ether oxygens (including phenoxy) is 1. The van der Waals surface area contributed by atoms with Gasteiger partial charge < -0.3 is 15.0 Å². The normalized spacial score (nSPS) is 15.0. The van der Waals surface area contributed by atoms with Crippen LogP contribution in [0.2, 0.25) is 0 Å². The lowest BCUT2D eigenvalue weighted by Crippen LogP contribution is -2.39. The highest BCUT2D eigenvalue weighted by Crippen LogP contribution is 2.25. The molecule has 0 atom stereocenters. The summed E-state index contributed by atoms with van der Waals surface area (Å²) >= 11 is 1.43. The van der Waals surface area contributed by atoms with Crippen molar-refractivity contribution in [2.45, 2.75) is 43.0 Å². The number of nitrogens with one attached hydrogen (secondary N) is 1. The molecule has 0 unspecified atom stereocenters. The number of amides is 2. The van der Waals surface area contributed by atoms with Gasteiger partial charge in [-0.15, -0.1) is 11.8 Å². The Bertz CT molecular complexity index is 574. The molecule has 1 saturated carbocycles. The molecule has 0 bridgehead atoms. The average Bonchev–Trinajstić information content (AvgIpc) is 2.66. The minimum atomic E-state index is -0.131. The lowest BCUT2D eigenvalue weighted by Gasteiger charge is -2.31. The van der Waals surface area contributed by atoms with Gasteiger partial charge in [-0.05, 0) is 25.0 Å². The van der Waals surface area contributed by atoms with Crippen molar-refractivity contribution in [3.05, 3.63) is 29.8 Å². The molecule has 25 heavy (non-hydrogen) atoms. The maximum Gasteiger partial charge on any atom is 0.252 e. The van der Waals surface area contributed by atoms with E-state index in [2.05, 4.69) is 5.32 Å². The average molecular weight is 365 g/mol. The van der Waals surface area contributed by atoms with Crippen LogP contribution >= 0.6 is 11.8 Å². The van der Waals surface area contributed by atoms with Crippen molar-refractivity contribution in [2.75, 3.05) is 33.1 Å². The van der Waals surface area contributed by atoms with E-state index in [1.165, 1.54) is 31.0 Å². The van der Waals surface area contributed by atoms with Crippen molar-refractivity contribution in [1.29, 1.82) is 0 Å². The first kappa shape index (κ1) is 19.8. The fourth-order valence-corrected chi connectivity index (χ4v) is 4.03. The Morgan fingerprint density at radius 3 is 2.68 bits per heavy atom. The Morgan fingerprint density at radius 2 is 1.96 bits per heavy atom. The fourth-order valence-electron chi connectivity index (χ4n) is 3.06. The zero-order valence-corrected chi connectivity index (χ0v) is 15.9. The maximum atomic E-state index is 12.5. The smallest absolute Gasteiger partial charge is 0.252 e. The predicted molar refractivity (Wildman–Crippen MR) is 101 cm³/mol. The molecule has 1 aliphatic carbocycles. The zero-order valence-electron chi connectivity index (χ0n) is 15.1. The van der Waals surface area contributed by atoms with Crippen molar-refractivity contribution in [1.82, 2.24) is 10.2 Å². The number of carbonyl (C=O) groups is 2. The number of benzene rings is 1. The van der Waals surface area contributed by atoms with E-state index in [0.29, 0.717) is 30.5 Å². The molecule has 1 N–H and O–H groups in total. The summed E-state index contributed by atoms with van der Waals surface area (Å²) in [7, 11) is 3.51. The molecule has 0 aliphatic heterocycles. The van der Waals surface area contributed by atoms with Crippen molar-refractivity contribution in [3.8, 4) is 0 Å². The fraction of sp³-hybridized carbons (Fsp3) is 0.579. The number of hydrogen-bond acceptors (Lipinski definition) is 4. The second-order valence-corrected chi connectivity index (χ2v) is 7.35. The Morgan fingerprint density at radius 1 is 1.24 bits per heavy atom. The van der Waals surface area contributed by atoms with E-state index >= 15 is 0 Å².